The van der Waals surface area contributed by atoms with Crippen LogP contribution in [0, 0.1) is 28.1 Å². The summed E-state index contributed by atoms with van der Waals surface area (Å²) in [5.41, 5.74) is -0.584. The zero-order chi connectivity index (χ0) is 11.1. The smallest absolute Gasteiger partial charge is 0.185 e. The van der Waals surface area contributed by atoms with Crippen LogP contribution in [0.25, 0.3) is 0 Å². The lowest BCUT2D eigenvalue weighted by atomic mass is 9.67. The van der Waals surface area contributed by atoms with Crippen LogP contribution in [-0.2, 0) is 4.74 Å². The highest BCUT2D eigenvalue weighted by molar-refractivity contribution is 9.25. The first-order valence-corrected chi connectivity index (χ1v) is 6.87. The Morgan fingerprint density at radius 2 is 2.07 bits per heavy atom. The van der Waals surface area contributed by atoms with E-state index in [1.165, 1.54) is 6.42 Å². The van der Waals surface area contributed by atoms with E-state index in [1.54, 1.807) is 0 Å². The third-order valence-electron chi connectivity index (χ3n) is 5.39. The Morgan fingerprint density at radius 1 is 1.40 bits per heavy atom. The summed E-state index contributed by atoms with van der Waals surface area (Å²) in [5, 5.41) is 9.55. The number of rotatable bonds is 0. The number of halogens is 2. The topological polar surface area (TPSA) is 33.0 Å². The molecule has 0 aromatic rings. The van der Waals surface area contributed by atoms with Crippen LogP contribution in [0.3, 0.4) is 0 Å². The van der Waals surface area contributed by atoms with Crippen LogP contribution in [0.1, 0.15) is 26.7 Å². The van der Waals surface area contributed by atoms with E-state index in [9.17, 15) is 5.26 Å². The third kappa shape index (κ3) is 0.723. The molecule has 2 nitrogen and oxygen atoms in total. The molecule has 0 radical (unpaired) electrons. The van der Waals surface area contributed by atoms with E-state index in [2.05, 4.69) is 51.8 Å². The van der Waals surface area contributed by atoms with E-state index in [4.69, 9.17) is 4.74 Å². The average molecular weight is 335 g/mol. The van der Waals surface area contributed by atoms with Gasteiger partial charge < -0.3 is 4.74 Å². The van der Waals surface area contributed by atoms with Gasteiger partial charge in [0.2, 0.25) is 0 Å². The molecule has 2 saturated carbocycles. The monoisotopic (exact) mass is 333 g/mol. The number of ether oxygens (including phenoxy) is 1. The molecule has 4 atom stereocenters. The van der Waals surface area contributed by atoms with Crippen LogP contribution in [0.2, 0.25) is 0 Å². The molecule has 4 bridgehead atoms. The van der Waals surface area contributed by atoms with Crippen LogP contribution in [0.5, 0.6) is 0 Å². The number of hydrogen-bond donors (Lipinski definition) is 0. The molecule has 0 aromatic heterocycles. The van der Waals surface area contributed by atoms with Crippen LogP contribution >= 0.6 is 31.9 Å². The molecular formula is C11H13Br2NO. The normalized spacial score (nSPS) is 59.5. The molecule has 0 N–H and O–H groups in total. The number of hydrogen-bond acceptors (Lipinski definition) is 2. The second-order valence-corrected chi connectivity index (χ2v) is 9.11. The molecule has 4 heteroatoms. The van der Waals surface area contributed by atoms with Gasteiger partial charge in [0, 0.05) is 10.8 Å². The van der Waals surface area contributed by atoms with Gasteiger partial charge in [-0.3, -0.25) is 0 Å². The van der Waals surface area contributed by atoms with Crippen molar-refractivity contribution in [1.82, 2.24) is 0 Å². The Morgan fingerprint density at radius 3 is 2.47 bits per heavy atom. The Hall–Kier alpha value is 0.410. The zero-order valence-corrected chi connectivity index (χ0v) is 12.0. The summed E-state index contributed by atoms with van der Waals surface area (Å²) in [6.07, 6.45) is 2.27. The molecule has 1 aliphatic heterocycles. The minimum Gasteiger partial charge on any atom is -0.356 e. The molecule has 0 spiro atoms. The molecule has 3 aliphatic rings. The fourth-order valence-corrected chi connectivity index (χ4v) is 6.95. The number of nitriles is 1. The predicted molar refractivity (Wildman–Crippen MR) is 63.8 cm³/mol. The Kier molecular flexibility index (Phi) is 1.74. The predicted octanol–water partition coefficient (Wildman–Crippen LogP) is 3.20. The van der Waals surface area contributed by atoms with Crippen molar-refractivity contribution in [2.75, 3.05) is 6.61 Å². The molecule has 82 valence electrons. The third-order valence-corrected chi connectivity index (χ3v) is 7.61. The van der Waals surface area contributed by atoms with Crippen molar-refractivity contribution in [3.05, 3.63) is 0 Å². The first-order chi connectivity index (χ1) is 6.86. The van der Waals surface area contributed by atoms with Gasteiger partial charge in [0.05, 0.1) is 6.61 Å². The van der Waals surface area contributed by atoms with Crippen molar-refractivity contribution in [1.29, 1.82) is 5.26 Å². The maximum Gasteiger partial charge on any atom is 0.185 e. The molecule has 3 fully saturated rings. The van der Waals surface area contributed by atoms with Crippen molar-refractivity contribution in [3.8, 4) is 6.07 Å². The molecule has 0 unspecified atom stereocenters. The van der Waals surface area contributed by atoms with Crippen molar-refractivity contribution < 1.29 is 4.74 Å². The average Bonchev–Trinajstić information content (AvgIpc) is 2.56. The van der Waals surface area contributed by atoms with E-state index in [-0.39, 0.29) is 14.1 Å². The fraction of sp³-hybridized carbons (Fsp3) is 0.909. The molecule has 3 rings (SSSR count). The largest absolute Gasteiger partial charge is 0.356 e. The highest BCUT2D eigenvalue weighted by Crippen LogP contribution is 2.81. The molecule has 0 amide bonds. The molecule has 0 aromatic carbocycles. The van der Waals surface area contributed by atoms with Gasteiger partial charge >= 0.3 is 0 Å². The molecule has 1 heterocycles. The van der Waals surface area contributed by atoms with Gasteiger partial charge in [-0.05, 0) is 18.8 Å². The van der Waals surface area contributed by atoms with Gasteiger partial charge in [-0.15, -0.1) is 0 Å². The lowest BCUT2D eigenvalue weighted by Gasteiger charge is -2.44. The summed E-state index contributed by atoms with van der Waals surface area (Å²) < 4.78 is 5.53. The Balaban J connectivity index is 2.30. The lowest BCUT2D eigenvalue weighted by Crippen LogP contribution is -2.54. The van der Waals surface area contributed by atoms with Gasteiger partial charge in [0.15, 0.2) is 5.60 Å². The molecule has 1 saturated heterocycles. The zero-order valence-electron chi connectivity index (χ0n) is 8.81. The lowest BCUT2D eigenvalue weighted by molar-refractivity contribution is -0.0411. The summed E-state index contributed by atoms with van der Waals surface area (Å²) in [7, 11) is 0. The Bertz CT molecular complexity index is 391. The number of alkyl halides is 2. The van der Waals surface area contributed by atoms with Gasteiger partial charge in [0.25, 0.3) is 0 Å². The van der Waals surface area contributed by atoms with Gasteiger partial charge in [0.1, 0.15) is 9.30 Å². The van der Waals surface area contributed by atoms with E-state index in [0.29, 0.717) is 5.92 Å². The first-order valence-electron chi connectivity index (χ1n) is 5.29. The highest BCUT2D eigenvalue weighted by Gasteiger charge is 2.85. The minimum absolute atomic E-state index is 0.0214. The summed E-state index contributed by atoms with van der Waals surface area (Å²) in [6, 6.07) is 2.44. The van der Waals surface area contributed by atoms with Gasteiger partial charge in [-0.2, -0.15) is 5.26 Å². The first kappa shape index (κ1) is 10.6. The van der Waals surface area contributed by atoms with Crippen LogP contribution in [0.15, 0.2) is 0 Å². The van der Waals surface area contributed by atoms with Crippen LogP contribution in [-0.4, -0.2) is 15.4 Å². The van der Waals surface area contributed by atoms with Crippen LogP contribution in [0.4, 0.5) is 0 Å². The van der Waals surface area contributed by atoms with Crippen LogP contribution < -0.4 is 0 Å². The quantitative estimate of drug-likeness (QED) is 0.637. The van der Waals surface area contributed by atoms with Crippen molar-refractivity contribution in [3.63, 3.8) is 0 Å². The maximum absolute atomic E-state index is 9.55. The van der Waals surface area contributed by atoms with Crippen molar-refractivity contribution in [2.24, 2.45) is 16.7 Å². The second-order valence-electron chi connectivity index (χ2n) is 5.55. The minimum atomic E-state index is -0.697. The summed E-state index contributed by atoms with van der Waals surface area (Å²) in [6.45, 7) is 5.21. The fourth-order valence-electron chi connectivity index (χ4n) is 4.20. The maximum atomic E-state index is 9.55. The van der Waals surface area contributed by atoms with Gasteiger partial charge in [-0.1, -0.05) is 45.7 Å². The van der Waals surface area contributed by atoms with E-state index in [0.717, 1.165) is 13.0 Å². The second kappa shape index (κ2) is 2.47. The Labute approximate surface area is 107 Å². The SMILES string of the molecule is C[C@]12CC[C@@H]3C(Br)(Br)[C@@]1(C#N)OC[C@@]32C. The molecular weight excluding hydrogens is 322 g/mol. The highest BCUT2D eigenvalue weighted by atomic mass is 79.9. The number of nitrogens with zero attached hydrogens (tertiary/aromatic N) is 1. The summed E-state index contributed by atoms with van der Waals surface area (Å²) >= 11 is 7.43. The van der Waals surface area contributed by atoms with Crippen molar-refractivity contribution in [2.45, 2.75) is 35.5 Å². The van der Waals surface area contributed by atoms with Gasteiger partial charge in [-0.25, -0.2) is 0 Å². The molecule has 15 heavy (non-hydrogen) atoms. The summed E-state index contributed by atoms with van der Waals surface area (Å²) in [4.78, 5) is 0. The standard InChI is InChI=1S/C11H13Br2NO/c1-8-6-15-10(5-14)9(8,2)4-3-7(8)11(10,12)13/h7H,3-4,6H2,1-2H3/t7-,8-,9+,10-/m0/s1. The van der Waals surface area contributed by atoms with Crippen molar-refractivity contribution >= 4 is 31.9 Å². The molecule has 2 aliphatic carbocycles. The van der Waals surface area contributed by atoms with E-state index < -0.39 is 5.60 Å². The summed E-state index contributed by atoms with van der Waals surface area (Å²) in [5.74, 6) is 0.489. The van der Waals surface area contributed by atoms with E-state index in [1.807, 2.05) is 0 Å². The van der Waals surface area contributed by atoms with E-state index >= 15 is 0 Å².